The molecule has 2 heterocycles. The number of amides is 1. The quantitative estimate of drug-likeness (QED) is 0.860. The van der Waals surface area contributed by atoms with Crippen LogP contribution >= 0.6 is 0 Å². The third-order valence-electron chi connectivity index (χ3n) is 3.28. The van der Waals surface area contributed by atoms with E-state index >= 15 is 0 Å². The smallest absolute Gasteiger partial charge is 0.257 e. The lowest BCUT2D eigenvalue weighted by molar-refractivity contribution is 0.0638. The number of carbonyl (C=O) groups excluding carboxylic acids is 1. The van der Waals surface area contributed by atoms with E-state index in [0.29, 0.717) is 11.3 Å². The minimum absolute atomic E-state index is 0.00301. The van der Waals surface area contributed by atoms with Crippen molar-refractivity contribution in [1.82, 2.24) is 14.8 Å². The summed E-state index contributed by atoms with van der Waals surface area (Å²) in [5, 5.41) is 0. The molecule has 0 radical (unpaired) electrons. The molecule has 98 valence electrons. The van der Waals surface area contributed by atoms with Gasteiger partial charge in [-0.2, -0.15) is 0 Å². The molecule has 5 heteroatoms. The van der Waals surface area contributed by atoms with Gasteiger partial charge in [-0.05, 0) is 19.0 Å². The van der Waals surface area contributed by atoms with E-state index in [2.05, 4.69) is 16.8 Å². The van der Waals surface area contributed by atoms with Crippen molar-refractivity contribution >= 4 is 11.6 Å². The van der Waals surface area contributed by atoms with Crippen molar-refractivity contribution in [2.75, 3.05) is 38.5 Å². The number of piperazine rings is 1. The van der Waals surface area contributed by atoms with Gasteiger partial charge in [-0.1, -0.05) is 6.92 Å². The molecule has 1 aromatic heterocycles. The number of nitrogen functional groups attached to an aromatic ring is 1. The van der Waals surface area contributed by atoms with Crippen LogP contribution in [0.5, 0.6) is 0 Å². The zero-order valence-electron chi connectivity index (χ0n) is 10.8. The third kappa shape index (κ3) is 2.79. The van der Waals surface area contributed by atoms with Crippen LogP contribution in [0, 0.1) is 0 Å². The number of hydrogen-bond acceptors (Lipinski definition) is 4. The summed E-state index contributed by atoms with van der Waals surface area (Å²) in [5.74, 6) is -0.00301. The van der Waals surface area contributed by atoms with Gasteiger partial charge in [0, 0.05) is 44.3 Å². The average Bonchev–Trinajstić information content (AvgIpc) is 2.40. The van der Waals surface area contributed by atoms with Crippen LogP contribution in [-0.2, 0) is 0 Å². The fourth-order valence-corrected chi connectivity index (χ4v) is 2.25. The summed E-state index contributed by atoms with van der Waals surface area (Å²) in [6.45, 7) is 6.71. The lowest BCUT2D eigenvalue weighted by atomic mass is 10.2. The lowest BCUT2D eigenvalue weighted by Crippen LogP contribution is -2.48. The summed E-state index contributed by atoms with van der Waals surface area (Å²) in [6, 6.07) is 1.67. The molecule has 1 aromatic rings. The van der Waals surface area contributed by atoms with Gasteiger partial charge in [0.15, 0.2) is 0 Å². The Bertz CT molecular complexity index is 413. The third-order valence-corrected chi connectivity index (χ3v) is 3.28. The SMILES string of the molecule is CCCN1CCN(C(=O)c2cnccc2N)CC1. The maximum Gasteiger partial charge on any atom is 0.257 e. The molecule has 5 nitrogen and oxygen atoms in total. The number of pyridine rings is 1. The Kier molecular flexibility index (Phi) is 4.15. The van der Waals surface area contributed by atoms with Crippen molar-refractivity contribution in [2.45, 2.75) is 13.3 Å². The predicted molar refractivity (Wildman–Crippen MR) is 71.3 cm³/mol. The summed E-state index contributed by atoms with van der Waals surface area (Å²) in [4.78, 5) is 20.5. The van der Waals surface area contributed by atoms with Gasteiger partial charge < -0.3 is 10.6 Å². The van der Waals surface area contributed by atoms with E-state index in [4.69, 9.17) is 5.73 Å². The van der Waals surface area contributed by atoms with E-state index < -0.39 is 0 Å². The molecule has 0 saturated carbocycles. The van der Waals surface area contributed by atoms with Crippen LogP contribution in [0.1, 0.15) is 23.7 Å². The van der Waals surface area contributed by atoms with Gasteiger partial charge in [0.1, 0.15) is 0 Å². The fourth-order valence-electron chi connectivity index (χ4n) is 2.25. The Hall–Kier alpha value is -1.62. The molecule has 1 aliphatic heterocycles. The van der Waals surface area contributed by atoms with Crippen LogP contribution in [0.2, 0.25) is 0 Å². The van der Waals surface area contributed by atoms with Crippen molar-refractivity contribution in [1.29, 1.82) is 0 Å². The van der Waals surface area contributed by atoms with E-state index in [1.54, 1.807) is 18.5 Å². The Morgan fingerprint density at radius 2 is 2.11 bits per heavy atom. The number of hydrogen-bond donors (Lipinski definition) is 1. The zero-order valence-corrected chi connectivity index (χ0v) is 10.8. The van der Waals surface area contributed by atoms with Crippen LogP contribution < -0.4 is 5.73 Å². The summed E-state index contributed by atoms with van der Waals surface area (Å²) in [6.07, 6.45) is 4.31. The largest absolute Gasteiger partial charge is 0.398 e. The van der Waals surface area contributed by atoms with E-state index in [1.807, 2.05) is 4.90 Å². The molecule has 1 saturated heterocycles. The van der Waals surface area contributed by atoms with Gasteiger partial charge in [-0.3, -0.25) is 14.7 Å². The maximum absolute atomic E-state index is 12.3. The fraction of sp³-hybridized carbons (Fsp3) is 0.538. The van der Waals surface area contributed by atoms with Gasteiger partial charge >= 0.3 is 0 Å². The molecule has 0 aliphatic carbocycles. The maximum atomic E-state index is 12.3. The van der Waals surface area contributed by atoms with E-state index in [0.717, 1.165) is 39.1 Å². The van der Waals surface area contributed by atoms with Crippen LogP contribution in [0.25, 0.3) is 0 Å². The molecule has 0 bridgehead atoms. The van der Waals surface area contributed by atoms with Gasteiger partial charge in [0.25, 0.3) is 5.91 Å². The standard InChI is InChI=1S/C13H20N4O/c1-2-5-16-6-8-17(9-7-16)13(18)11-10-15-4-3-12(11)14/h3-4,10H,2,5-9H2,1H3,(H2,14,15). The normalized spacial score (nSPS) is 16.8. The highest BCUT2D eigenvalue weighted by Gasteiger charge is 2.22. The Labute approximate surface area is 108 Å². The van der Waals surface area contributed by atoms with Gasteiger partial charge in [0.05, 0.1) is 5.56 Å². The van der Waals surface area contributed by atoms with Crippen LogP contribution in [-0.4, -0.2) is 53.4 Å². The van der Waals surface area contributed by atoms with Crippen molar-refractivity contribution in [3.05, 3.63) is 24.0 Å². The van der Waals surface area contributed by atoms with E-state index in [1.165, 1.54) is 0 Å². The summed E-state index contributed by atoms with van der Waals surface area (Å²) < 4.78 is 0. The molecule has 1 aliphatic rings. The second kappa shape index (κ2) is 5.82. The first-order valence-electron chi connectivity index (χ1n) is 6.43. The van der Waals surface area contributed by atoms with Gasteiger partial charge in [-0.25, -0.2) is 0 Å². The molecule has 1 amide bonds. The number of nitrogens with two attached hydrogens (primary N) is 1. The Balaban J connectivity index is 1.98. The van der Waals surface area contributed by atoms with Crippen molar-refractivity contribution in [3.8, 4) is 0 Å². The van der Waals surface area contributed by atoms with Gasteiger partial charge in [-0.15, -0.1) is 0 Å². The van der Waals surface area contributed by atoms with Crippen molar-refractivity contribution in [3.63, 3.8) is 0 Å². The predicted octanol–water partition coefficient (Wildman–Crippen LogP) is 0.832. The second-order valence-corrected chi connectivity index (χ2v) is 4.60. The monoisotopic (exact) mass is 248 g/mol. The highest BCUT2D eigenvalue weighted by atomic mass is 16.2. The van der Waals surface area contributed by atoms with Crippen molar-refractivity contribution in [2.24, 2.45) is 0 Å². The molecule has 0 unspecified atom stereocenters. The number of anilines is 1. The molecule has 1 fully saturated rings. The first kappa shape index (κ1) is 12.8. The highest BCUT2D eigenvalue weighted by Crippen LogP contribution is 2.13. The lowest BCUT2D eigenvalue weighted by Gasteiger charge is -2.34. The molecule has 2 N–H and O–H groups in total. The summed E-state index contributed by atoms with van der Waals surface area (Å²) >= 11 is 0. The molecular weight excluding hydrogens is 228 g/mol. The minimum atomic E-state index is -0.00301. The molecule has 0 aromatic carbocycles. The molecule has 0 spiro atoms. The number of rotatable bonds is 3. The van der Waals surface area contributed by atoms with Crippen LogP contribution in [0.15, 0.2) is 18.5 Å². The number of aromatic nitrogens is 1. The number of carbonyl (C=O) groups is 1. The number of nitrogens with zero attached hydrogens (tertiary/aromatic N) is 3. The van der Waals surface area contributed by atoms with Crippen LogP contribution in [0.4, 0.5) is 5.69 Å². The summed E-state index contributed by atoms with van der Waals surface area (Å²) in [5.41, 5.74) is 6.83. The zero-order chi connectivity index (χ0) is 13.0. The molecule has 0 atom stereocenters. The average molecular weight is 248 g/mol. The molecule has 2 rings (SSSR count). The Morgan fingerprint density at radius 3 is 2.72 bits per heavy atom. The Morgan fingerprint density at radius 1 is 1.39 bits per heavy atom. The van der Waals surface area contributed by atoms with Crippen molar-refractivity contribution < 1.29 is 4.79 Å². The first-order chi connectivity index (χ1) is 8.72. The highest BCUT2D eigenvalue weighted by molar-refractivity contribution is 5.98. The summed E-state index contributed by atoms with van der Waals surface area (Å²) in [7, 11) is 0. The topological polar surface area (TPSA) is 62.5 Å². The van der Waals surface area contributed by atoms with E-state index in [9.17, 15) is 4.79 Å². The minimum Gasteiger partial charge on any atom is -0.398 e. The second-order valence-electron chi connectivity index (χ2n) is 4.60. The van der Waals surface area contributed by atoms with Gasteiger partial charge in [0.2, 0.25) is 0 Å². The van der Waals surface area contributed by atoms with E-state index in [-0.39, 0.29) is 5.91 Å². The molecular formula is C13H20N4O. The first-order valence-corrected chi connectivity index (χ1v) is 6.43. The van der Waals surface area contributed by atoms with Crippen LogP contribution in [0.3, 0.4) is 0 Å². The molecule has 18 heavy (non-hydrogen) atoms.